The molecule has 1 amide bonds. The maximum Gasteiger partial charge on any atom is 0.248 e. The van der Waals surface area contributed by atoms with Crippen molar-refractivity contribution in [3.8, 4) is 0 Å². The van der Waals surface area contributed by atoms with Crippen LogP contribution in [0, 0.1) is 0 Å². The highest BCUT2D eigenvalue weighted by molar-refractivity contribution is 14.0. The number of thioether (sulfide) groups is 1. The molecule has 0 aromatic heterocycles. The molecule has 2 aromatic carbocycles. The van der Waals surface area contributed by atoms with Crippen LogP contribution in [0.4, 0.5) is 0 Å². The van der Waals surface area contributed by atoms with E-state index in [1.165, 1.54) is 4.90 Å². The fourth-order valence-electron chi connectivity index (χ4n) is 2.16. The summed E-state index contributed by atoms with van der Waals surface area (Å²) in [5, 5.41) is 7.29. The van der Waals surface area contributed by atoms with Gasteiger partial charge in [-0.2, -0.15) is 0 Å². The summed E-state index contributed by atoms with van der Waals surface area (Å²) in [6.07, 6.45) is 0. The molecule has 0 aliphatic heterocycles. The molecule has 146 valence electrons. The van der Waals surface area contributed by atoms with Crippen LogP contribution in [0.15, 0.2) is 58.4 Å². The van der Waals surface area contributed by atoms with E-state index in [1.54, 1.807) is 23.9 Å². The molecule has 2 rings (SSSR count). The number of hydrogen-bond donors (Lipinski definition) is 3. The zero-order valence-corrected chi connectivity index (χ0v) is 19.0. The fraction of sp³-hybridized carbons (Fsp3) is 0.263. The Morgan fingerprint density at radius 1 is 1.11 bits per heavy atom. The van der Waals surface area contributed by atoms with Crippen LogP contribution in [0.25, 0.3) is 0 Å². The molecule has 4 N–H and O–H groups in total. The number of nitrogens with zero attached hydrogens (tertiary/aromatic N) is 1. The Labute approximate surface area is 186 Å². The quantitative estimate of drug-likeness (QED) is 0.163. The zero-order valence-electron chi connectivity index (χ0n) is 15.1. The van der Waals surface area contributed by atoms with Crippen LogP contribution in [0.1, 0.15) is 22.8 Å². The average molecular weight is 519 g/mol. The summed E-state index contributed by atoms with van der Waals surface area (Å²) in [6, 6.07) is 15.0. The topological polar surface area (TPSA) is 79.5 Å². The fourth-order valence-corrected chi connectivity index (χ4v) is 3.05. The van der Waals surface area contributed by atoms with Crippen LogP contribution in [-0.2, 0) is 6.54 Å². The van der Waals surface area contributed by atoms with Crippen molar-refractivity contribution in [3.05, 3.63) is 64.7 Å². The Hall–Kier alpha value is -1.45. The summed E-state index contributed by atoms with van der Waals surface area (Å²) in [6.45, 7) is 4.14. The summed E-state index contributed by atoms with van der Waals surface area (Å²) in [5.41, 5.74) is 6.77. The summed E-state index contributed by atoms with van der Waals surface area (Å²) in [7, 11) is 0. The van der Waals surface area contributed by atoms with Crippen LogP contribution in [0.2, 0.25) is 5.02 Å². The van der Waals surface area contributed by atoms with Crippen molar-refractivity contribution in [2.24, 2.45) is 10.7 Å². The highest BCUT2D eigenvalue weighted by Gasteiger charge is 2.01. The van der Waals surface area contributed by atoms with Crippen LogP contribution < -0.4 is 16.4 Å². The number of rotatable bonds is 8. The Bertz CT molecular complexity index is 738. The van der Waals surface area contributed by atoms with Crippen molar-refractivity contribution < 1.29 is 4.79 Å². The Balaban J connectivity index is 0.00000364. The van der Waals surface area contributed by atoms with Gasteiger partial charge in [-0.3, -0.25) is 4.79 Å². The number of guanidine groups is 1. The number of nitrogens with one attached hydrogen (secondary N) is 2. The first-order valence-electron chi connectivity index (χ1n) is 8.37. The number of carbonyl (C=O) groups excluding carboxylic acids is 1. The van der Waals surface area contributed by atoms with Gasteiger partial charge in [0, 0.05) is 34.3 Å². The van der Waals surface area contributed by atoms with Gasteiger partial charge < -0.3 is 16.4 Å². The number of primary amides is 1. The van der Waals surface area contributed by atoms with E-state index in [9.17, 15) is 4.79 Å². The molecule has 0 saturated carbocycles. The molecule has 0 unspecified atom stereocenters. The Kier molecular flexibility index (Phi) is 11.2. The summed E-state index contributed by atoms with van der Waals surface area (Å²) in [5.74, 6) is 1.26. The van der Waals surface area contributed by atoms with E-state index in [0.29, 0.717) is 12.1 Å². The monoisotopic (exact) mass is 518 g/mol. The van der Waals surface area contributed by atoms with Gasteiger partial charge in [-0.15, -0.1) is 35.7 Å². The van der Waals surface area contributed by atoms with E-state index < -0.39 is 5.91 Å². The van der Waals surface area contributed by atoms with Gasteiger partial charge >= 0.3 is 0 Å². The molecule has 0 radical (unpaired) electrons. The third kappa shape index (κ3) is 8.85. The van der Waals surface area contributed by atoms with E-state index in [4.69, 9.17) is 17.3 Å². The molecule has 0 aliphatic carbocycles. The molecule has 5 nitrogen and oxygen atoms in total. The molecule has 0 atom stereocenters. The molecule has 0 heterocycles. The molecular weight excluding hydrogens is 495 g/mol. The van der Waals surface area contributed by atoms with Crippen molar-refractivity contribution in [2.45, 2.75) is 18.4 Å². The third-order valence-corrected chi connectivity index (χ3v) is 4.75. The number of benzene rings is 2. The number of carbonyl (C=O) groups is 1. The van der Waals surface area contributed by atoms with E-state index >= 15 is 0 Å². The minimum absolute atomic E-state index is 0. The number of nitrogens with two attached hydrogens (primary N) is 1. The zero-order chi connectivity index (χ0) is 18.8. The predicted molar refractivity (Wildman–Crippen MR) is 125 cm³/mol. The summed E-state index contributed by atoms with van der Waals surface area (Å²) < 4.78 is 0. The first-order chi connectivity index (χ1) is 12.6. The predicted octanol–water partition coefficient (Wildman–Crippen LogP) is 3.90. The number of aliphatic imine (C=N–C) groups is 1. The van der Waals surface area contributed by atoms with Crippen molar-refractivity contribution in [1.29, 1.82) is 0 Å². The van der Waals surface area contributed by atoms with Gasteiger partial charge in [0.2, 0.25) is 5.91 Å². The van der Waals surface area contributed by atoms with Crippen LogP contribution in [-0.4, -0.2) is 30.7 Å². The van der Waals surface area contributed by atoms with Gasteiger partial charge in [-0.1, -0.05) is 23.7 Å². The van der Waals surface area contributed by atoms with E-state index in [1.807, 2.05) is 43.3 Å². The van der Waals surface area contributed by atoms with Crippen LogP contribution in [0.5, 0.6) is 0 Å². The Morgan fingerprint density at radius 3 is 2.37 bits per heavy atom. The summed E-state index contributed by atoms with van der Waals surface area (Å²) >= 11 is 7.65. The van der Waals surface area contributed by atoms with Gasteiger partial charge in [0.25, 0.3) is 0 Å². The molecule has 8 heteroatoms. The summed E-state index contributed by atoms with van der Waals surface area (Å²) in [4.78, 5) is 16.8. The van der Waals surface area contributed by atoms with E-state index in [-0.39, 0.29) is 24.0 Å². The second kappa shape index (κ2) is 12.9. The number of amides is 1. The van der Waals surface area contributed by atoms with E-state index in [2.05, 4.69) is 15.6 Å². The molecule has 0 spiro atoms. The van der Waals surface area contributed by atoms with Crippen molar-refractivity contribution in [1.82, 2.24) is 10.6 Å². The highest BCUT2D eigenvalue weighted by Crippen LogP contribution is 2.19. The first kappa shape index (κ1) is 23.6. The van der Waals surface area contributed by atoms with Gasteiger partial charge in [0.1, 0.15) is 0 Å². The normalized spacial score (nSPS) is 10.8. The second-order valence-corrected chi connectivity index (χ2v) is 7.09. The molecule has 0 bridgehead atoms. The van der Waals surface area contributed by atoms with Crippen molar-refractivity contribution in [3.63, 3.8) is 0 Å². The second-order valence-electron chi connectivity index (χ2n) is 5.49. The minimum Gasteiger partial charge on any atom is -0.366 e. The van der Waals surface area contributed by atoms with Gasteiger partial charge in [0.15, 0.2) is 5.96 Å². The van der Waals surface area contributed by atoms with Crippen molar-refractivity contribution >= 4 is 59.2 Å². The smallest absolute Gasteiger partial charge is 0.248 e. The average Bonchev–Trinajstić information content (AvgIpc) is 2.65. The lowest BCUT2D eigenvalue weighted by atomic mass is 10.1. The van der Waals surface area contributed by atoms with E-state index in [0.717, 1.165) is 35.4 Å². The molecular formula is C19H24ClIN4OS. The van der Waals surface area contributed by atoms with Gasteiger partial charge in [-0.25, -0.2) is 4.99 Å². The minimum atomic E-state index is -0.423. The largest absolute Gasteiger partial charge is 0.366 e. The molecule has 0 aliphatic rings. The maximum atomic E-state index is 11.1. The number of halogens is 2. The molecule has 0 fully saturated rings. The standard InChI is InChI=1S/C19H23ClN4OS.HI/c1-2-22-19(23-11-12-26-17-9-7-16(20)8-10-17)24-13-14-3-5-15(6-4-14)18(21)25;/h3-10H,2,11-13H2,1H3,(H2,21,25)(H2,22,23,24);1H. The third-order valence-electron chi connectivity index (χ3n) is 3.48. The lowest BCUT2D eigenvalue weighted by molar-refractivity contribution is 0.100. The van der Waals surface area contributed by atoms with Gasteiger partial charge in [0.05, 0.1) is 6.54 Å². The SMILES string of the molecule is CCNC(=NCc1ccc(C(N)=O)cc1)NCCSc1ccc(Cl)cc1.I. The van der Waals surface area contributed by atoms with Crippen molar-refractivity contribution in [2.75, 3.05) is 18.8 Å². The lowest BCUT2D eigenvalue weighted by Crippen LogP contribution is -2.38. The molecule has 27 heavy (non-hydrogen) atoms. The molecule has 2 aromatic rings. The lowest BCUT2D eigenvalue weighted by Gasteiger charge is -2.11. The molecule has 0 saturated heterocycles. The Morgan fingerprint density at radius 2 is 1.78 bits per heavy atom. The van der Waals surface area contributed by atoms with Crippen LogP contribution >= 0.6 is 47.3 Å². The maximum absolute atomic E-state index is 11.1. The first-order valence-corrected chi connectivity index (χ1v) is 9.74. The highest BCUT2D eigenvalue weighted by atomic mass is 127. The number of hydrogen-bond acceptors (Lipinski definition) is 3. The van der Waals surface area contributed by atoms with Gasteiger partial charge in [-0.05, 0) is 48.9 Å². The van der Waals surface area contributed by atoms with Crippen LogP contribution in [0.3, 0.4) is 0 Å².